The standard InChI is InChI=1S/C17H11N3O4S2/c21-15-9-3-1-2-4-10(9)16(22)20(15)6-5-13-18-11(7-25-13)14-19-12(8-26-14)17(23)24/h1-4,7-8H,5-6H2,(H,23,24). The maximum absolute atomic E-state index is 12.3. The Balaban J connectivity index is 1.46. The summed E-state index contributed by atoms with van der Waals surface area (Å²) in [4.78, 5) is 45.3. The van der Waals surface area contributed by atoms with Crippen LogP contribution in [0, 0.1) is 0 Å². The Morgan fingerprint density at radius 3 is 2.35 bits per heavy atom. The fourth-order valence-electron chi connectivity index (χ4n) is 2.66. The molecule has 0 radical (unpaired) electrons. The average molecular weight is 385 g/mol. The van der Waals surface area contributed by atoms with E-state index in [1.54, 1.807) is 29.6 Å². The number of carboxylic acids is 1. The van der Waals surface area contributed by atoms with E-state index in [9.17, 15) is 14.4 Å². The summed E-state index contributed by atoms with van der Waals surface area (Å²) in [6.07, 6.45) is 0.438. The van der Waals surface area contributed by atoms with Crippen LogP contribution in [0.1, 0.15) is 36.2 Å². The van der Waals surface area contributed by atoms with Gasteiger partial charge >= 0.3 is 5.97 Å². The Morgan fingerprint density at radius 2 is 1.73 bits per heavy atom. The second-order valence-corrected chi connectivity index (χ2v) is 7.33. The van der Waals surface area contributed by atoms with Gasteiger partial charge in [-0.05, 0) is 12.1 Å². The molecular formula is C17H11N3O4S2. The fraction of sp³-hybridized carbons (Fsp3) is 0.118. The van der Waals surface area contributed by atoms with Crippen molar-refractivity contribution in [1.29, 1.82) is 0 Å². The van der Waals surface area contributed by atoms with Gasteiger partial charge in [0, 0.05) is 23.7 Å². The number of imide groups is 1. The highest BCUT2D eigenvalue weighted by Gasteiger charge is 2.34. The van der Waals surface area contributed by atoms with Crippen molar-refractivity contribution in [2.24, 2.45) is 0 Å². The number of carbonyl (C=O) groups excluding carboxylic acids is 2. The van der Waals surface area contributed by atoms with Gasteiger partial charge in [0.15, 0.2) is 5.69 Å². The van der Waals surface area contributed by atoms with E-state index in [0.29, 0.717) is 28.2 Å². The number of thiazole rings is 2. The van der Waals surface area contributed by atoms with Gasteiger partial charge in [-0.1, -0.05) is 12.1 Å². The highest BCUT2D eigenvalue weighted by molar-refractivity contribution is 7.14. The molecule has 0 fully saturated rings. The summed E-state index contributed by atoms with van der Waals surface area (Å²) in [6, 6.07) is 6.78. The minimum Gasteiger partial charge on any atom is -0.476 e. The first kappa shape index (κ1) is 16.6. The summed E-state index contributed by atoms with van der Waals surface area (Å²) in [7, 11) is 0. The monoisotopic (exact) mass is 385 g/mol. The maximum Gasteiger partial charge on any atom is 0.355 e. The third-order valence-electron chi connectivity index (χ3n) is 3.92. The number of carboxylic acid groups (broad SMARTS) is 1. The van der Waals surface area contributed by atoms with Crippen LogP contribution in [0.15, 0.2) is 35.0 Å². The largest absolute Gasteiger partial charge is 0.476 e. The molecule has 0 saturated heterocycles. The normalized spacial score (nSPS) is 13.3. The van der Waals surface area contributed by atoms with Crippen molar-refractivity contribution in [3.8, 4) is 10.7 Å². The van der Waals surface area contributed by atoms with Gasteiger partial charge in [0.05, 0.1) is 16.1 Å². The van der Waals surface area contributed by atoms with Crippen LogP contribution in [-0.2, 0) is 6.42 Å². The molecule has 2 amide bonds. The highest BCUT2D eigenvalue weighted by atomic mass is 32.1. The molecule has 9 heteroatoms. The SMILES string of the molecule is O=C(O)c1csc(-c2csc(CCN3C(=O)c4ccccc4C3=O)n2)n1. The lowest BCUT2D eigenvalue weighted by Crippen LogP contribution is -2.31. The van der Waals surface area contributed by atoms with E-state index in [1.807, 2.05) is 0 Å². The Kier molecular flexibility index (Phi) is 4.09. The summed E-state index contributed by atoms with van der Waals surface area (Å²) in [5, 5.41) is 13.5. The third-order valence-corrected chi connectivity index (χ3v) is 5.70. The van der Waals surface area contributed by atoms with Crippen LogP contribution in [0.4, 0.5) is 0 Å². The first-order valence-corrected chi connectivity index (χ1v) is 9.39. The number of nitrogens with zero attached hydrogens (tertiary/aromatic N) is 3. The van der Waals surface area contributed by atoms with Crippen molar-refractivity contribution in [1.82, 2.24) is 14.9 Å². The molecule has 3 heterocycles. The molecule has 1 aliphatic rings. The molecule has 0 unspecified atom stereocenters. The van der Waals surface area contributed by atoms with Crippen LogP contribution in [0.2, 0.25) is 0 Å². The molecule has 0 saturated carbocycles. The highest BCUT2D eigenvalue weighted by Crippen LogP contribution is 2.27. The molecule has 130 valence electrons. The first-order valence-electron chi connectivity index (χ1n) is 7.63. The second kappa shape index (κ2) is 6.43. The molecule has 0 bridgehead atoms. The molecule has 0 spiro atoms. The molecule has 1 aromatic carbocycles. The van der Waals surface area contributed by atoms with E-state index in [0.717, 1.165) is 5.01 Å². The van der Waals surface area contributed by atoms with Gasteiger partial charge in [-0.15, -0.1) is 22.7 Å². The third kappa shape index (κ3) is 2.80. The summed E-state index contributed by atoms with van der Waals surface area (Å²) in [5.74, 6) is -1.64. The number of aromatic carboxylic acids is 1. The smallest absolute Gasteiger partial charge is 0.355 e. The Hall–Kier alpha value is -2.91. The van der Waals surface area contributed by atoms with Crippen molar-refractivity contribution >= 4 is 40.5 Å². The predicted molar refractivity (Wildman–Crippen MR) is 95.7 cm³/mol. The van der Waals surface area contributed by atoms with Crippen LogP contribution >= 0.6 is 22.7 Å². The molecule has 0 atom stereocenters. The zero-order valence-electron chi connectivity index (χ0n) is 13.2. The molecule has 26 heavy (non-hydrogen) atoms. The predicted octanol–water partition coefficient (Wildman–Crippen LogP) is 2.80. The number of benzene rings is 1. The Labute approximate surface area is 155 Å². The van der Waals surface area contributed by atoms with Crippen LogP contribution in [-0.4, -0.2) is 44.3 Å². The summed E-state index contributed by atoms with van der Waals surface area (Å²) in [6.45, 7) is 0.248. The lowest BCUT2D eigenvalue weighted by atomic mass is 10.1. The van der Waals surface area contributed by atoms with Crippen molar-refractivity contribution in [2.45, 2.75) is 6.42 Å². The Morgan fingerprint density at radius 1 is 1.04 bits per heavy atom. The quantitative estimate of drug-likeness (QED) is 0.678. The van der Waals surface area contributed by atoms with Gasteiger partial charge in [0.2, 0.25) is 0 Å². The maximum atomic E-state index is 12.3. The van der Waals surface area contributed by atoms with E-state index in [2.05, 4.69) is 9.97 Å². The van der Waals surface area contributed by atoms with Crippen LogP contribution < -0.4 is 0 Å². The van der Waals surface area contributed by atoms with Gasteiger partial charge in [-0.25, -0.2) is 14.8 Å². The average Bonchev–Trinajstić information content (AvgIpc) is 3.34. The van der Waals surface area contributed by atoms with Crippen LogP contribution in [0.3, 0.4) is 0 Å². The zero-order chi connectivity index (χ0) is 18.3. The summed E-state index contributed by atoms with van der Waals surface area (Å²) >= 11 is 2.60. The lowest BCUT2D eigenvalue weighted by molar-refractivity contribution is 0.0652. The number of amides is 2. The van der Waals surface area contributed by atoms with E-state index in [-0.39, 0.29) is 24.1 Å². The number of fused-ring (bicyclic) bond motifs is 1. The van der Waals surface area contributed by atoms with Crippen molar-refractivity contribution in [3.05, 3.63) is 56.9 Å². The molecule has 0 aliphatic carbocycles. The second-order valence-electron chi connectivity index (χ2n) is 5.53. The van der Waals surface area contributed by atoms with Crippen molar-refractivity contribution in [2.75, 3.05) is 6.54 Å². The van der Waals surface area contributed by atoms with Crippen molar-refractivity contribution < 1.29 is 19.5 Å². The molecule has 7 nitrogen and oxygen atoms in total. The number of carbonyl (C=O) groups is 3. The molecule has 3 aromatic rings. The van der Waals surface area contributed by atoms with Gasteiger partial charge in [0.25, 0.3) is 11.8 Å². The minimum atomic E-state index is -1.08. The molecule has 4 rings (SSSR count). The number of hydrogen-bond donors (Lipinski definition) is 1. The zero-order valence-corrected chi connectivity index (χ0v) is 14.8. The number of hydrogen-bond acceptors (Lipinski definition) is 7. The number of rotatable bonds is 5. The van der Waals surface area contributed by atoms with Gasteiger partial charge in [0.1, 0.15) is 10.7 Å². The Bertz CT molecular complexity index is 1010. The van der Waals surface area contributed by atoms with Crippen LogP contribution in [0.5, 0.6) is 0 Å². The van der Waals surface area contributed by atoms with E-state index >= 15 is 0 Å². The topological polar surface area (TPSA) is 100 Å². The first-order chi connectivity index (χ1) is 12.5. The minimum absolute atomic E-state index is 0.00873. The van der Waals surface area contributed by atoms with Crippen molar-refractivity contribution in [3.63, 3.8) is 0 Å². The summed E-state index contributed by atoms with van der Waals surface area (Å²) < 4.78 is 0. The molecular weight excluding hydrogens is 374 g/mol. The van der Waals surface area contributed by atoms with Gasteiger partial charge in [-0.2, -0.15) is 0 Å². The summed E-state index contributed by atoms with van der Waals surface area (Å²) in [5.41, 5.74) is 1.46. The van der Waals surface area contributed by atoms with Gasteiger partial charge < -0.3 is 5.11 Å². The lowest BCUT2D eigenvalue weighted by Gasteiger charge is -2.12. The van der Waals surface area contributed by atoms with E-state index < -0.39 is 5.97 Å². The molecule has 2 aromatic heterocycles. The molecule has 1 N–H and O–H groups in total. The van der Waals surface area contributed by atoms with E-state index in [4.69, 9.17) is 5.11 Å². The van der Waals surface area contributed by atoms with Gasteiger partial charge in [-0.3, -0.25) is 14.5 Å². The van der Waals surface area contributed by atoms with E-state index in [1.165, 1.54) is 33.0 Å². The molecule has 1 aliphatic heterocycles. The fourth-order valence-corrected chi connectivity index (χ4v) is 4.26. The number of aromatic nitrogens is 2. The van der Waals surface area contributed by atoms with Crippen LogP contribution in [0.25, 0.3) is 10.7 Å².